The van der Waals surface area contributed by atoms with Crippen molar-refractivity contribution in [1.29, 1.82) is 0 Å². The number of rotatable bonds is 9. The number of hydrogen-bond acceptors (Lipinski definition) is 4. The number of carboxylic acid groups (broad SMARTS) is 1. The molecule has 0 amide bonds. The van der Waals surface area contributed by atoms with Crippen LogP contribution in [0.2, 0.25) is 5.02 Å². The molecule has 5 rings (SSSR count). The lowest BCUT2D eigenvalue weighted by molar-refractivity contribution is -0.146. The molecule has 0 fully saturated rings. The van der Waals surface area contributed by atoms with E-state index in [4.69, 9.17) is 16.3 Å². The van der Waals surface area contributed by atoms with Crippen molar-refractivity contribution in [3.8, 4) is 5.75 Å². The number of aromatic nitrogens is 2. The molecule has 3 aromatic carbocycles. The van der Waals surface area contributed by atoms with Crippen molar-refractivity contribution in [3.63, 3.8) is 0 Å². The van der Waals surface area contributed by atoms with Gasteiger partial charge in [-0.05, 0) is 61.9 Å². The van der Waals surface area contributed by atoms with Gasteiger partial charge in [0.25, 0.3) is 0 Å². The number of thioether (sulfide) groups is 1. The van der Waals surface area contributed by atoms with Crippen molar-refractivity contribution in [2.24, 2.45) is 5.41 Å². The van der Waals surface area contributed by atoms with E-state index in [0.29, 0.717) is 40.3 Å². The lowest BCUT2D eigenvalue weighted by Crippen LogP contribution is -2.28. The van der Waals surface area contributed by atoms with E-state index in [0.717, 1.165) is 39.2 Å². The Kier molecular flexibility index (Phi) is 8.47. The second kappa shape index (κ2) is 11.8. The predicted octanol–water partition coefficient (Wildman–Crippen LogP) is 9.29. The number of carbonyl (C=O) groups is 1. The second-order valence-electron chi connectivity index (χ2n) is 12.3. The molecular weight excluding hydrogens is 590 g/mol. The molecule has 2 aromatic heterocycles. The van der Waals surface area contributed by atoms with Crippen molar-refractivity contribution in [1.82, 2.24) is 9.55 Å². The number of aliphatic carboxylic acids is 1. The molecule has 0 saturated carbocycles. The summed E-state index contributed by atoms with van der Waals surface area (Å²) < 4.78 is 35.6. The standard InChI is InChI=1S/C34H33ClF2N2O3S/c1-33(2,3)43-31-25-15-24(42-19-23-11-8-21-14-26(36)27(37)16-28(21)38-23)12-13-29(25)39(18-20-6-9-22(35)10-7-20)30(31)17-34(4,5)32(40)41/h6-16H,17-19H2,1-5H3,(H,40,41). The van der Waals surface area contributed by atoms with Gasteiger partial charge in [0.2, 0.25) is 0 Å². The molecule has 0 saturated heterocycles. The maximum Gasteiger partial charge on any atom is 0.309 e. The lowest BCUT2D eigenvalue weighted by atomic mass is 9.88. The molecule has 0 aliphatic heterocycles. The van der Waals surface area contributed by atoms with Gasteiger partial charge >= 0.3 is 5.97 Å². The Morgan fingerprint density at radius 2 is 1.67 bits per heavy atom. The SMILES string of the molecule is CC(C)(C)Sc1c(CC(C)(C)C(=O)O)n(Cc2ccc(Cl)cc2)c2ccc(OCc3ccc4cc(F)c(F)cc4n3)cc12. The molecule has 224 valence electrons. The van der Waals surface area contributed by atoms with E-state index in [1.165, 1.54) is 0 Å². The number of pyridine rings is 1. The van der Waals surface area contributed by atoms with Crippen LogP contribution in [0.25, 0.3) is 21.8 Å². The molecule has 1 N–H and O–H groups in total. The van der Waals surface area contributed by atoms with Gasteiger partial charge in [0, 0.05) is 55.7 Å². The van der Waals surface area contributed by atoms with E-state index in [2.05, 4.69) is 30.3 Å². The van der Waals surface area contributed by atoms with Crippen LogP contribution in [-0.2, 0) is 24.4 Å². The van der Waals surface area contributed by atoms with Gasteiger partial charge in [-0.3, -0.25) is 4.79 Å². The van der Waals surface area contributed by atoms with Gasteiger partial charge in [0.05, 0.1) is 16.6 Å². The van der Waals surface area contributed by atoms with Gasteiger partial charge in [0.15, 0.2) is 11.6 Å². The zero-order valence-corrected chi connectivity index (χ0v) is 26.2. The summed E-state index contributed by atoms with van der Waals surface area (Å²) in [5, 5.41) is 12.2. The normalized spacial score (nSPS) is 12.3. The van der Waals surface area contributed by atoms with Crippen LogP contribution in [0, 0.1) is 17.0 Å². The van der Waals surface area contributed by atoms with Gasteiger partial charge in [-0.15, -0.1) is 11.8 Å². The monoisotopic (exact) mass is 622 g/mol. The first-order chi connectivity index (χ1) is 20.2. The average molecular weight is 623 g/mol. The van der Waals surface area contributed by atoms with Crippen LogP contribution < -0.4 is 4.74 Å². The Morgan fingerprint density at radius 1 is 0.977 bits per heavy atom. The highest BCUT2D eigenvalue weighted by Crippen LogP contribution is 2.44. The molecule has 5 aromatic rings. The number of halogens is 3. The van der Waals surface area contributed by atoms with E-state index in [1.807, 2.05) is 42.5 Å². The Balaban J connectivity index is 1.57. The summed E-state index contributed by atoms with van der Waals surface area (Å²) in [4.78, 5) is 17.7. The molecule has 0 atom stereocenters. The third-order valence-electron chi connectivity index (χ3n) is 7.12. The summed E-state index contributed by atoms with van der Waals surface area (Å²) in [6, 6.07) is 19.2. The van der Waals surface area contributed by atoms with Crippen molar-refractivity contribution in [2.45, 2.75) is 63.8 Å². The van der Waals surface area contributed by atoms with Crippen LogP contribution in [0.3, 0.4) is 0 Å². The first kappa shape index (κ1) is 30.8. The zero-order valence-electron chi connectivity index (χ0n) is 24.7. The second-order valence-corrected chi connectivity index (χ2v) is 14.6. The number of carboxylic acids is 1. The first-order valence-corrected chi connectivity index (χ1v) is 15.1. The van der Waals surface area contributed by atoms with Crippen LogP contribution in [0.5, 0.6) is 5.75 Å². The molecular formula is C34H33ClF2N2O3S. The molecule has 9 heteroatoms. The van der Waals surface area contributed by atoms with Crippen LogP contribution in [-0.4, -0.2) is 25.4 Å². The number of nitrogens with zero attached hydrogens (tertiary/aromatic N) is 2. The molecule has 0 aliphatic carbocycles. The van der Waals surface area contributed by atoms with Gasteiger partial charge < -0.3 is 14.4 Å². The highest BCUT2D eigenvalue weighted by molar-refractivity contribution is 8.00. The zero-order chi connectivity index (χ0) is 31.1. The number of fused-ring (bicyclic) bond motifs is 2. The summed E-state index contributed by atoms with van der Waals surface area (Å²) in [6.07, 6.45) is 0.331. The Hall–Kier alpha value is -3.62. The predicted molar refractivity (Wildman–Crippen MR) is 169 cm³/mol. The van der Waals surface area contributed by atoms with E-state index >= 15 is 0 Å². The van der Waals surface area contributed by atoms with E-state index in [9.17, 15) is 18.7 Å². The van der Waals surface area contributed by atoms with Crippen molar-refractivity contribution < 1.29 is 23.4 Å². The number of ether oxygens (including phenoxy) is 1. The largest absolute Gasteiger partial charge is 0.487 e. The molecule has 0 unspecified atom stereocenters. The molecule has 0 aliphatic rings. The molecule has 0 spiro atoms. The van der Waals surface area contributed by atoms with Gasteiger partial charge in [-0.1, -0.05) is 50.6 Å². The van der Waals surface area contributed by atoms with E-state index < -0.39 is 23.0 Å². The van der Waals surface area contributed by atoms with Crippen molar-refractivity contribution in [3.05, 3.63) is 100 Å². The van der Waals surface area contributed by atoms with Crippen LogP contribution in [0.1, 0.15) is 51.6 Å². The smallest absolute Gasteiger partial charge is 0.309 e. The van der Waals surface area contributed by atoms with Crippen molar-refractivity contribution in [2.75, 3.05) is 0 Å². The summed E-state index contributed by atoms with van der Waals surface area (Å²) in [5.74, 6) is -2.11. The Morgan fingerprint density at radius 3 is 2.35 bits per heavy atom. The molecule has 5 nitrogen and oxygen atoms in total. The highest BCUT2D eigenvalue weighted by atomic mass is 35.5. The third kappa shape index (κ3) is 6.97. The molecule has 2 heterocycles. The summed E-state index contributed by atoms with van der Waals surface area (Å²) in [5.41, 5.74) is 2.88. The Labute approximate surface area is 258 Å². The van der Waals surface area contributed by atoms with Gasteiger partial charge in [-0.25, -0.2) is 13.8 Å². The Bertz CT molecular complexity index is 1830. The quantitative estimate of drug-likeness (QED) is 0.166. The molecule has 43 heavy (non-hydrogen) atoms. The number of benzene rings is 3. The van der Waals surface area contributed by atoms with Gasteiger partial charge in [0.1, 0.15) is 12.4 Å². The van der Waals surface area contributed by atoms with Gasteiger partial charge in [-0.2, -0.15) is 0 Å². The summed E-state index contributed by atoms with van der Waals surface area (Å²) in [7, 11) is 0. The summed E-state index contributed by atoms with van der Waals surface area (Å²) in [6.45, 7) is 10.6. The lowest BCUT2D eigenvalue weighted by Gasteiger charge is -2.24. The van der Waals surface area contributed by atoms with Crippen LogP contribution >= 0.6 is 23.4 Å². The molecule has 0 radical (unpaired) electrons. The van der Waals surface area contributed by atoms with E-state index in [1.54, 1.807) is 37.7 Å². The summed E-state index contributed by atoms with van der Waals surface area (Å²) >= 11 is 7.85. The third-order valence-corrected chi connectivity index (χ3v) is 8.64. The minimum Gasteiger partial charge on any atom is -0.487 e. The number of hydrogen-bond donors (Lipinski definition) is 1. The fraction of sp³-hybridized carbons (Fsp3) is 0.294. The minimum absolute atomic E-state index is 0.132. The fourth-order valence-electron chi connectivity index (χ4n) is 4.89. The minimum atomic E-state index is -0.997. The average Bonchev–Trinajstić information content (AvgIpc) is 3.18. The van der Waals surface area contributed by atoms with Crippen LogP contribution in [0.15, 0.2) is 71.6 Å². The first-order valence-electron chi connectivity index (χ1n) is 13.9. The molecule has 0 bridgehead atoms. The fourth-order valence-corrected chi connectivity index (χ4v) is 6.20. The van der Waals surface area contributed by atoms with Crippen molar-refractivity contribution >= 4 is 51.1 Å². The van der Waals surface area contributed by atoms with E-state index in [-0.39, 0.29) is 11.4 Å². The maximum absolute atomic E-state index is 13.8. The highest BCUT2D eigenvalue weighted by Gasteiger charge is 2.33. The topological polar surface area (TPSA) is 64.3 Å². The van der Waals surface area contributed by atoms with Crippen LogP contribution in [0.4, 0.5) is 8.78 Å². The maximum atomic E-state index is 13.8.